The number of benzene rings is 2. The van der Waals surface area contributed by atoms with Gasteiger partial charge in [-0.2, -0.15) is 0 Å². The molecule has 0 bridgehead atoms. The summed E-state index contributed by atoms with van der Waals surface area (Å²) in [4.78, 5) is 12.9. The number of ether oxygens (including phenoxy) is 1. The smallest absolute Gasteiger partial charge is 0.204 e. The van der Waals surface area contributed by atoms with E-state index in [1.807, 2.05) is 0 Å². The van der Waals surface area contributed by atoms with Crippen molar-refractivity contribution < 1.29 is 34.7 Å². The second-order valence-corrected chi connectivity index (χ2v) is 6.81. The van der Waals surface area contributed by atoms with Crippen LogP contribution in [0, 0.1) is 0 Å². The largest absolute Gasteiger partial charge is 0.507 e. The highest BCUT2D eigenvalue weighted by Gasteiger charge is 2.38. The van der Waals surface area contributed by atoms with Crippen molar-refractivity contribution in [2.24, 2.45) is 0 Å². The summed E-state index contributed by atoms with van der Waals surface area (Å²) in [6, 6.07) is 4.18. The van der Waals surface area contributed by atoms with Gasteiger partial charge in [-0.25, -0.2) is 0 Å². The number of aliphatic hydroxyl groups is 2. The molecule has 0 saturated heterocycles. The maximum absolute atomic E-state index is 12.9. The number of rotatable bonds is 4. The van der Waals surface area contributed by atoms with Crippen LogP contribution in [0.2, 0.25) is 0 Å². The van der Waals surface area contributed by atoms with Crippen molar-refractivity contribution in [1.82, 2.24) is 0 Å². The Balaban J connectivity index is 2.58. The predicted molar refractivity (Wildman–Crippen MR) is 97.7 cm³/mol. The van der Waals surface area contributed by atoms with Gasteiger partial charge in [0.2, 0.25) is 11.2 Å². The molecule has 0 aliphatic rings. The molecule has 1 atom stereocenters. The average Bonchev–Trinajstić information content (AvgIpc) is 2.63. The second kappa shape index (κ2) is 6.33. The van der Waals surface area contributed by atoms with Crippen molar-refractivity contribution in [3.05, 3.63) is 34.0 Å². The zero-order valence-corrected chi connectivity index (χ0v) is 15.0. The van der Waals surface area contributed by atoms with Crippen molar-refractivity contribution in [1.29, 1.82) is 0 Å². The summed E-state index contributed by atoms with van der Waals surface area (Å²) in [5.41, 5.74) is -2.51. The van der Waals surface area contributed by atoms with E-state index in [1.165, 1.54) is 39.2 Å². The standard InChI is InChI=1S/C19H20O8/c1-19(2,10(22)7-20)12-14(24)11-13(23)8-5-4-6-9(21)16(8)27-17(11)15(25)18(12)26-3/h4-6,10,20-22,24-25H,7H2,1-3H3. The lowest BCUT2D eigenvalue weighted by atomic mass is 9.77. The summed E-state index contributed by atoms with van der Waals surface area (Å²) in [6.07, 6.45) is -1.31. The minimum absolute atomic E-state index is 0.00818. The number of phenols is 3. The van der Waals surface area contributed by atoms with Gasteiger partial charge < -0.3 is 34.7 Å². The van der Waals surface area contributed by atoms with Crippen molar-refractivity contribution in [3.63, 3.8) is 0 Å². The van der Waals surface area contributed by atoms with Crippen LogP contribution in [0.4, 0.5) is 0 Å². The Morgan fingerprint density at radius 3 is 2.41 bits per heavy atom. The summed E-state index contributed by atoms with van der Waals surface area (Å²) in [5, 5.41) is 50.7. The van der Waals surface area contributed by atoms with Gasteiger partial charge in [-0.3, -0.25) is 4.79 Å². The van der Waals surface area contributed by atoms with Gasteiger partial charge in [-0.05, 0) is 12.1 Å². The van der Waals surface area contributed by atoms with E-state index in [2.05, 4.69) is 0 Å². The molecule has 5 N–H and O–H groups in total. The van der Waals surface area contributed by atoms with Crippen molar-refractivity contribution in [3.8, 4) is 23.0 Å². The number of methoxy groups -OCH3 is 1. The first kappa shape index (κ1) is 18.8. The van der Waals surface area contributed by atoms with Gasteiger partial charge in [0.1, 0.15) is 11.1 Å². The highest BCUT2D eigenvalue weighted by molar-refractivity contribution is 6.00. The Kier molecular flexibility index (Phi) is 4.41. The Morgan fingerprint density at radius 2 is 1.81 bits per heavy atom. The normalized spacial score (nSPS) is 13.2. The van der Waals surface area contributed by atoms with E-state index in [-0.39, 0.29) is 39.0 Å². The Hall–Kier alpha value is -2.97. The molecule has 27 heavy (non-hydrogen) atoms. The van der Waals surface area contributed by atoms with Gasteiger partial charge in [0.15, 0.2) is 22.7 Å². The summed E-state index contributed by atoms with van der Waals surface area (Å²) in [7, 11) is 1.24. The molecule has 2 aromatic carbocycles. The van der Waals surface area contributed by atoms with Gasteiger partial charge in [0.25, 0.3) is 0 Å². The van der Waals surface area contributed by atoms with Gasteiger partial charge >= 0.3 is 0 Å². The first-order chi connectivity index (χ1) is 12.7. The zero-order chi connectivity index (χ0) is 20.1. The zero-order valence-electron chi connectivity index (χ0n) is 15.0. The number of aromatic hydroxyl groups is 3. The molecule has 0 spiro atoms. The highest BCUT2D eigenvalue weighted by atomic mass is 16.5. The van der Waals surface area contributed by atoms with Crippen LogP contribution in [0.15, 0.2) is 27.4 Å². The SMILES string of the molecule is COc1c(C(C)(C)C(O)CO)c(O)c2c(=O)c3cccc(O)c3oc2c1O. The molecule has 1 aromatic heterocycles. The molecule has 0 fully saturated rings. The molecule has 8 heteroatoms. The molecular weight excluding hydrogens is 356 g/mol. The van der Waals surface area contributed by atoms with Crippen LogP contribution in [0.3, 0.4) is 0 Å². The third-order valence-corrected chi connectivity index (χ3v) is 4.88. The summed E-state index contributed by atoms with van der Waals surface area (Å²) >= 11 is 0. The van der Waals surface area contributed by atoms with Crippen LogP contribution < -0.4 is 10.2 Å². The van der Waals surface area contributed by atoms with Gasteiger partial charge in [-0.15, -0.1) is 0 Å². The lowest BCUT2D eigenvalue weighted by Gasteiger charge is -2.32. The maximum atomic E-state index is 12.9. The molecule has 144 valence electrons. The van der Waals surface area contributed by atoms with E-state index in [9.17, 15) is 30.3 Å². The topological polar surface area (TPSA) is 141 Å². The van der Waals surface area contributed by atoms with Gasteiger partial charge in [0.05, 0.1) is 25.2 Å². The summed E-state index contributed by atoms with van der Waals surface area (Å²) < 4.78 is 10.7. The Morgan fingerprint density at radius 1 is 1.15 bits per heavy atom. The molecule has 0 aliphatic carbocycles. The Bertz CT molecular complexity index is 1100. The highest BCUT2D eigenvalue weighted by Crippen LogP contribution is 2.50. The van der Waals surface area contributed by atoms with Crippen LogP contribution in [0.5, 0.6) is 23.0 Å². The molecule has 0 saturated carbocycles. The number of aliphatic hydroxyl groups excluding tert-OH is 2. The van der Waals surface area contributed by atoms with E-state index < -0.39 is 35.1 Å². The van der Waals surface area contributed by atoms with E-state index >= 15 is 0 Å². The average molecular weight is 376 g/mol. The van der Waals surface area contributed by atoms with Crippen molar-refractivity contribution in [2.45, 2.75) is 25.4 Å². The third kappa shape index (κ3) is 2.56. The van der Waals surface area contributed by atoms with Crippen LogP contribution in [-0.4, -0.2) is 45.4 Å². The van der Waals surface area contributed by atoms with E-state index in [0.29, 0.717) is 0 Å². The molecule has 1 unspecified atom stereocenters. The first-order valence-corrected chi connectivity index (χ1v) is 8.16. The second-order valence-electron chi connectivity index (χ2n) is 6.81. The van der Waals surface area contributed by atoms with Crippen LogP contribution in [0.25, 0.3) is 21.9 Å². The molecule has 3 aromatic rings. The van der Waals surface area contributed by atoms with Crippen LogP contribution >= 0.6 is 0 Å². The Labute approximate surface area is 153 Å². The van der Waals surface area contributed by atoms with E-state index in [1.54, 1.807) is 0 Å². The minimum Gasteiger partial charge on any atom is -0.507 e. The van der Waals surface area contributed by atoms with E-state index in [4.69, 9.17) is 9.15 Å². The fourth-order valence-corrected chi connectivity index (χ4v) is 3.23. The summed E-state index contributed by atoms with van der Waals surface area (Å²) in [6.45, 7) is 2.42. The number of phenolic OH excluding ortho intramolecular Hbond substituents is 3. The van der Waals surface area contributed by atoms with Crippen LogP contribution in [-0.2, 0) is 5.41 Å². The molecular formula is C19H20O8. The quantitative estimate of drug-likeness (QED) is 0.342. The fourth-order valence-electron chi connectivity index (χ4n) is 3.23. The lowest BCUT2D eigenvalue weighted by molar-refractivity contribution is 0.0393. The lowest BCUT2D eigenvalue weighted by Crippen LogP contribution is -2.37. The summed E-state index contributed by atoms with van der Waals surface area (Å²) in [5.74, 6) is -1.63. The molecule has 8 nitrogen and oxygen atoms in total. The van der Waals surface area contributed by atoms with E-state index in [0.717, 1.165) is 0 Å². The number of fused-ring (bicyclic) bond motifs is 2. The van der Waals surface area contributed by atoms with Gasteiger partial charge in [0, 0.05) is 11.0 Å². The third-order valence-electron chi connectivity index (χ3n) is 4.88. The maximum Gasteiger partial charge on any atom is 0.204 e. The molecule has 3 rings (SSSR count). The molecule has 1 heterocycles. The van der Waals surface area contributed by atoms with Gasteiger partial charge in [-0.1, -0.05) is 19.9 Å². The monoisotopic (exact) mass is 376 g/mol. The molecule has 0 amide bonds. The number of para-hydroxylation sites is 1. The van der Waals surface area contributed by atoms with Crippen molar-refractivity contribution in [2.75, 3.05) is 13.7 Å². The fraction of sp³-hybridized carbons (Fsp3) is 0.316. The van der Waals surface area contributed by atoms with Crippen molar-refractivity contribution >= 4 is 21.9 Å². The minimum atomic E-state index is -1.31. The number of hydrogen-bond acceptors (Lipinski definition) is 8. The van der Waals surface area contributed by atoms with Crippen LogP contribution in [0.1, 0.15) is 19.4 Å². The molecule has 0 aliphatic heterocycles. The number of hydrogen-bond donors (Lipinski definition) is 5. The molecule has 0 radical (unpaired) electrons. The predicted octanol–water partition coefficient (Wildman–Crippen LogP) is 1.70. The first-order valence-electron chi connectivity index (χ1n) is 8.16.